The van der Waals surface area contributed by atoms with Crippen molar-refractivity contribution in [2.75, 3.05) is 0 Å². The number of halogens is 4. The molecule has 0 spiro atoms. The van der Waals surface area contributed by atoms with Crippen LogP contribution in [0.5, 0.6) is 0 Å². The molecule has 0 saturated carbocycles. The van der Waals surface area contributed by atoms with Gasteiger partial charge in [0.05, 0.1) is 25.8 Å². The molecule has 0 bridgehead atoms. The van der Waals surface area contributed by atoms with Crippen LogP contribution in [0.25, 0.3) is 11.3 Å². The molecule has 0 unspecified atom stereocenters. The second-order valence-electron chi connectivity index (χ2n) is 3.58. The molecule has 19 heavy (non-hydrogen) atoms. The molecule has 0 fully saturated rings. The summed E-state index contributed by atoms with van der Waals surface area (Å²) in [5.74, 6) is -1.22. The lowest BCUT2D eigenvalue weighted by Gasteiger charge is -2.07. The average Bonchev–Trinajstić information content (AvgIpc) is 2.34. The summed E-state index contributed by atoms with van der Waals surface area (Å²) in [6, 6.07) is 5.98. The first-order valence-electron chi connectivity index (χ1n) is 4.95. The molecule has 3 nitrogen and oxygen atoms in total. The van der Waals surface area contributed by atoms with Crippen molar-refractivity contribution >= 4 is 52.4 Å². The van der Waals surface area contributed by atoms with Crippen LogP contribution >= 0.6 is 46.4 Å². The number of carboxylic acid groups (broad SMARTS) is 1. The van der Waals surface area contributed by atoms with E-state index in [2.05, 4.69) is 4.98 Å². The van der Waals surface area contributed by atoms with Crippen LogP contribution in [0.3, 0.4) is 0 Å². The second-order valence-corrected chi connectivity index (χ2v) is 5.21. The lowest BCUT2D eigenvalue weighted by atomic mass is 10.1. The lowest BCUT2D eigenvalue weighted by Crippen LogP contribution is -2.02. The fraction of sp³-hybridized carbons (Fsp3) is 0. The van der Waals surface area contributed by atoms with Crippen LogP contribution in [-0.2, 0) is 0 Å². The Morgan fingerprint density at radius 2 is 1.58 bits per heavy atom. The standard InChI is InChI=1S/C12H5Cl4NO2/c13-6-1-2-10(17-11(6)12(18)19)5-3-8(15)9(16)4-7(5)14/h1-4H,(H,18,19). The summed E-state index contributed by atoms with van der Waals surface area (Å²) in [5, 5.41) is 9.96. The third-order valence-corrected chi connectivity index (χ3v) is 3.67. The Kier molecular flexibility index (Phi) is 4.21. The van der Waals surface area contributed by atoms with Gasteiger partial charge in [0, 0.05) is 5.56 Å². The minimum Gasteiger partial charge on any atom is -0.476 e. The van der Waals surface area contributed by atoms with E-state index in [9.17, 15) is 4.79 Å². The van der Waals surface area contributed by atoms with Gasteiger partial charge in [-0.1, -0.05) is 46.4 Å². The summed E-state index contributed by atoms with van der Waals surface area (Å²) in [6.45, 7) is 0. The summed E-state index contributed by atoms with van der Waals surface area (Å²) in [6.07, 6.45) is 0. The summed E-state index contributed by atoms with van der Waals surface area (Å²) < 4.78 is 0. The molecule has 0 radical (unpaired) electrons. The van der Waals surface area contributed by atoms with E-state index < -0.39 is 5.97 Å². The van der Waals surface area contributed by atoms with Crippen LogP contribution in [0.4, 0.5) is 0 Å². The highest BCUT2D eigenvalue weighted by atomic mass is 35.5. The summed E-state index contributed by atoms with van der Waals surface area (Å²) >= 11 is 23.5. The SMILES string of the molecule is O=C(O)c1nc(-c2cc(Cl)c(Cl)cc2Cl)ccc1Cl. The Hall–Kier alpha value is -1.000. The van der Waals surface area contributed by atoms with Gasteiger partial charge in [-0.3, -0.25) is 0 Å². The predicted octanol–water partition coefficient (Wildman–Crippen LogP) is 5.06. The van der Waals surface area contributed by atoms with E-state index in [1.807, 2.05) is 0 Å². The van der Waals surface area contributed by atoms with Gasteiger partial charge in [0.1, 0.15) is 0 Å². The van der Waals surface area contributed by atoms with E-state index in [1.54, 1.807) is 6.07 Å². The second kappa shape index (κ2) is 5.55. The molecule has 98 valence electrons. The molecule has 7 heteroatoms. The topological polar surface area (TPSA) is 50.2 Å². The van der Waals surface area contributed by atoms with Crippen molar-refractivity contribution in [3.05, 3.63) is 50.0 Å². The van der Waals surface area contributed by atoms with Gasteiger partial charge in [-0.2, -0.15) is 0 Å². The smallest absolute Gasteiger partial charge is 0.356 e. The number of hydrogen-bond acceptors (Lipinski definition) is 2. The highest BCUT2D eigenvalue weighted by molar-refractivity contribution is 6.44. The largest absolute Gasteiger partial charge is 0.476 e. The van der Waals surface area contributed by atoms with Gasteiger partial charge in [-0.15, -0.1) is 0 Å². The molecular formula is C12H5Cl4NO2. The van der Waals surface area contributed by atoms with E-state index >= 15 is 0 Å². The third kappa shape index (κ3) is 2.95. The maximum Gasteiger partial charge on any atom is 0.356 e. The Labute approximate surface area is 128 Å². The molecule has 1 aromatic carbocycles. The number of carbonyl (C=O) groups is 1. The molecule has 1 heterocycles. The van der Waals surface area contributed by atoms with Crippen molar-refractivity contribution in [1.82, 2.24) is 4.98 Å². The van der Waals surface area contributed by atoms with E-state index in [0.29, 0.717) is 26.3 Å². The predicted molar refractivity (Wildman–Crippen MR) is 76.7 cm³/mol. The molecule has 1 N–H and O–H groups in total. The van der Waals surface area contributed by atoms with Crippen molar-refractivity contribution in [2.24, 2.45) is 0 Å². The van der Waals surface area contributed by atoms with Crippen LogP contribution in [0.1, 0.15) is 10.5 Å². The number of nitrogens with zero attached hydrogens (tertiary/aromatic N) is 1. The summed E-state index contributed by atoms with van der Waals surface area (Å²) in [7, 11) is 0. The number of benzene rings is 1. The fourth-order valence-corrected chi connectivity index (χ4v) is 2.29. The minimum absolute atomic E-state index is 0.0485. The fourth-order valence-electron chi connectivity index (χ4n) is 1.46. The van der Waals surface area contributed by atoms with Gasteiger partial charge in [-0.25, -0.2) is 9.78 Å². The zero-order valence-corrected chi connectivity index (χ0v) is 12.1. The Morgan fingerprint density at radius 1 is 0.947 bits per heavy atom. The quantitative estimate of drug-likeness (QED) is 0.780. The Morgan fingerprint density at radius 3 is 2.21 bits per heavy atom. The summed E-state index contributed by atoms with van der Waals surface area (Å²) in [5.41, 5.74) is 0.585. The number of carboxylic acids is 1. The molecule has 1 aromatic heterocycles. The molecule has 0 aliphatic rings. The van der Waals surface area contributed by atoms with Gasteiger partial charge in [-0.05, 0) is 24.3 Å². The Bertz CT molecular complexity index is 673. The minimum atomic E-state index is -1.22. The molecule has 0 aliphatic heterocycles. The maximum absolute atomic E-state index is 11.0. The number of aromatic nitrogens is 1. The molecule has 0 saturated heterocycles. The number of rotatable bonds is 2. The van der Waals surface area contributed by atoms with Crippen molar-refractivity contribution in [2.45, 2.75) is 0 Å². The summed E-state index contributed by atoms with van der Waals surface area (Å²) in [4.78, 5) is 14.9. The van der Waals surface area contributed by atoms with Gasteiger partial charge in [0.25, 0.3) is 0 Å². The monoisotopic (exact) mass is 335 g/mol. The van der Waals surface area contributed by atoms with Crippen LogP contribution in [-0.4, -0.2) is 16.1 Å². The zero-order chi connectivity index (χ0) is 14.2. The molecule has 0 atom stereocenters. The highest BCUT2D eigenvalue weighted by Gasteiger charge is 2.15. The third-order valence-electron chi connectivity index (χ3n) is 2.33. The van der Waals surface area contributed by atoms with Gasteiger partial charge in [0.2, 0.25) is 0 Å². The first-order valence-corrected chi connectivity index (χ1v) is 6.46. The van der Waals surface area contributed by atoms with E-state index in [0.717, 1.165) is 0 Å². The van der Waals surface area contributed by atoms with Crippen LogP contribution in [0.15, 0.2) is 24.3 Å². The van der Waals surface area contributed by atoms with Crippen molar-refractivity contribution < 1.29 is 9.90 Å². The first kappa shape index (κ1) is 14.4. The molecule has 0 amide bonds. The molecule has 2 aromatic rings. The van der Waals surface area contributed by atoms with Gasteiger partial charge in [0.15, 0.2) is 5.69 Å². The molecule has 0 aliphatic carbocycles. The number of pyridine rings is 1. The van der Waals surface area contributed by atoms with E-state index in [1.165, 1.54) is 18.2 Å². The van der Waals surface area contributed by atoms with Crippen molar-refractivity contribution in [3.63, 3.8) is 0 Å². The lowest BCUT2D eigenvalue weighted by molar-refractivity contribution is 0.0691. The normalized spacial score (nSPS) is 10.5. The Balaban J connectivity index is 2.63. The van der Waals surface area contributed by atoms with Gasteiger partial charge < -0.3 is 5.11 Å². The van der Waals surface area contributed by atoms with Crippen molar-refractivity contribution in [3.8, 4) is 11.3 Å². The average molecular weight is 337 g/mol. The van der Waals surface area contributed by atoms with E-state index in [4.69, 9.17) is 51.5 Å². The maximum atomic E-state index is 11.0. The zero-order valence-electron chi connectivity index (χ0n) is 9.12. The highest BCUT2D eigenvalue weighted by Crippen LogP contribution is 2.35. The van der Waals surface area contributed by atoms with Crippen LogP contribution < -0.4 is 0 Å². The van der Waals surface area contributed by atoms with Crippen LogP contribution in [0.2, 0.25) is 20.1 Å². The van der Waals surface area contributed by atoms with Crippen molar-refractivity contribution in [1.29, 1.82) is 0 Å². The number of aromatic carboxylic acids is 1. The molecule has 2 rings (SSSR count). The van der Waals surface area contributed by atoms with E-state index in [-0.39, 0.29) is 10.7 Å². The molecular weight excluding hydrogens is 332 g/mol. The first-order chi connectivity index (χ1) is 8.90. The van der Waals surface area contributed by atoms with Crippen LogP contribution in [0, 0.1) is 0 Å². The van der Waals surface area contributed by atoms with Gasteiger partial charge >= 0.3 is 5.97 Å². The number of hydrogen-bond donors (Lipinski definition) is 1.